The fourth-order valence-corrected chi connectivity index (χ4v) is 3.30. The third-order valence-corrected chi connectivity index (χ3v) is 4.78. The minimum absolute atomic E-state index is 0.0700. The molecule has 2 aromatic heterocycles. The molecule has 1 aliphatic rings. The SMILES string of the molecule is COc1cc(Nc2ncc(Cl)c(-c3ccc4c(c3)C(=O)N(CC=O)C4)n2)ccn1. The van der Waals surface area contributed by atoms with Gasteiger partial charge in [-0.1, -0.05) is 23.7 Å². The van der Waals surface area contributed by atoms with E-state index < -0.39 is 0 Å². The number of nitrogens with zero attached hydrogens (tertiary/aromatic N) is 4. The van der Waals surface area contributed by atoms with Crippen molar-refractivity contribution in [2.24, 2.45) is 0 Å². The molecule has 1 aromatic carbocycles. The van der Waals surface area contributed by atoms with E-state index in [0.29, 0.717) is 45.9 Å². The summed E-state index contributed by atoms with van der Waals surface area (Å²) in [6.07, 6.45) is 3.82. The summed E-state index contributed by atoms with van der Waals surface area (Å²) >= 11 is 6.32. The van der Waals surface area contributed by atoms with E-state index in [0.717, 1.165) is 11.8 Å². The highest BCUT2D eigenvalue weighted by atomic mass is 35.5. The number of pyridine rings is 1. The van der Waals surface area contributed by atoms with Crippen molar-refractivity contribution in [3.8, 4) is 17.1 Å². The Morgan fingerprint density at radius 3 is 2.93 bits per heavy atom. The number of halogens is 1. The van der Waals surface area contributed by atoms with Crippen LogP contribution in [0.4, 0.5) is 11.6 Å². The van der Waals surface area contributed by atoms with Crippen LogP contribution >= 0.6 is 11.6 Å². The Bertz CT molecular complexity index is 1110. The van der Waals surface area contributed by atoms with Gasteiger partial charge in [0.05, 0.1) is 30.6 Å². The van der Waals surface area contributed by atoms with Crippen LogP contribution in [0.15, 0.2) is 42.7 Å². The average molecular weight is 410 g/mol. The van der Waals surface area contributed by atoms with Crippen molar-refractivity contribution in [1.29, 1.82) is 0 Å². The summed E-state index contributed by atoms with van der Waals surface area (Å²) in [6, 6.07) is 8.93. The molecular formula is C20H16ClN5O3. The number of fused-ring (bicyclic) bond motifs is 1. The first-order valence-electron chi connectivity index (χ1n) is 8.75. The maximum atomic E-state index is 12.5. The van der Waals surface area contributed by atoms with Crippen LogP contribution in [-0.4, -0.2) is 45.7 Å². The number of ether oxygens (including phenoxy) is 1. The number of nitrogens with one attached hydrogen (secondary N) is 1. The predicted molar refractivity (Wildman–Crippen MR) is 107 cm³/mol. The average Bonchev–Trinajstić information content (AvgIpc) is 3.05. The molecule has 0 saturated heterocycles. The van der Waals surface area contributed by atoms with Crippen LogP contribution in [-0.2, 0) is 11.3 Å². The highest BCUT2D eigenvalue weighted by Gasteiger charge is 2.27. The minimum atomic E-state index is -0.179. The molecule has 0 fully saturated rings. The van der Waals surface area contributed by atoms with E-state index in [1.165, 1.54) is 18.2 Å². The van der Waals surface area contributed by atoms with Gasteiger partial charge >= 0.3 is 0 Å². The number of aldehydes is 1. The summed E-state index contributed by atoms with van der Waals surface area (Å²) in [5.74, 6) is 0.620. The van der Waals surface area contributed by atoms with Gasteiger partial charge in [-0.2, -0.15) is 0 Å². The maximum absolute atomic E-state index is 12.5. The minimum Gasteiger partial charge on any atom is -0.481 e. The fourth-order valence-electron chi connectivity index (χ4n) is 3.10. The molecule has 0 aliphatic carbocycles. The van der Waals surface area contributed by atoms with Crippen molar-refractivity contribution in [3.63, 3.8) is 0 Å². The molecule has 29 heavy (non-hydrogen) atoms. The molecule has 1 aliphatic heterocycles. The Morgan fingerprint density at radius 1 is 1.28 bits per heavy atom. The molecule has 1 N–H and O–H groups in total. The summed E-state index contributed by atoms with van der Waals surface area (Å²) in [5.41, 5.74) is 3.31. The first-order chi connectivity index (χ1) is 14.1. The third-order valence-electron chi connectivity index (χ3n) is 4.50. The van der Waals surface area contributed by atoms with E-state index in [-0.39, 0.29) is 12.5 Å². The van der Waals surface area contributed by atoms with Crippen LogP contribution in [0.25, 0.3) is 11.3 Å². The largest absolute Gasteiger partial charge is 0.481 e. The molecule has 1 amide bonds. The van der Waals surface area contributed by atoms with Crippen LogP contribution in [0.1, 0.15) is 15.9 Å². The zero-order chi connectivity index (χ0) is 20.4. The van der Waals surface area contributed by atoms with Crippen molar-refractivity contribution in [1.82, 2.24) is 19.9 Å². The smallest absolute Gasteiger partial charge is 0.254 e. The number of rotatable bonds is 6. The van der Waals surface area contributed by atoms with Gasteiger partial charge in [-0.3, -0.25) is 4.79 Å². The first-order valence-corrected chi connectivity index (χ1v) is 9.12. The molecular weight excluding hydrogens is 394 g/mol. The quantitative estimate of drug-likeness (QED) is 0.624. The molecule has 8 nitrogen and oxygen atoms in total. The highest BCUT2D eigenvalue weighted by molar-refractivity contribution is 6.33. The molecule has 146 valence electrons. The number of carbonyl (C=O) groups excluding carboxylic acids is 2. The van der Waals surface area contributed by atoms with Gasteiger partial charge in [0.2, 0.25) is 11.8 Å². The van der Waals surface area contributed by atoms with Crippen LogP contribution in [0, 0.1) is 0 Å². The molecule has 0 atom stereocenters. The van der Waals surface area contributed by atoms with Gasteiger partial charge in [-0.15, -0.1) is 0 Å². The Hall–Kier alpha value is -3.52. The van der Waals surface area contributed by atoms with Gasteiger partial charge in [-0.25, -0.2) is 15.0 Å². The lowest BCUT2D eigenvalue weighted by Crippen LogP contribution is -2.25. The summed E-state index contributed by atoms with van der Waals surface area (Å²) in [5, 5.41) is 3.45. The predicted octanol–water partition coefficient (Wildman–Crippen LogP) is 3.10. The normalized spacial score (nSPS) is 12.6. The summed E-state index contributed by atoms with van der Waals surface area (Å²) < 4.78 is 5.11. The van der Waals surface area contributed by atoms with Crippen LogP contribution in [0.5, 0.6) is 5.88 Å². The lowest BCUT2D eigenvalue weighted by atomic mass is 10.0. The molecule has 3 aromatic rings. The van der Waals surface area contributed by atoms with E-state index in [1.54, 1.807) is 24.4 Å². The standard InChI is InChI=1S/C20H16ClN5O3/c1-29-17-9-14(4-5-22-17)24-20-23-10-16(21)18(25-20)12-2-3-13-11-26(6-7-27)19(28)15(13)8-12/h2-5,7-10H,6,11H2,1H3,(H,22,23,24,25). The van der Waals surface area contributed by atoms with E-state index in [2.05, 4.69) is 20.3 Å². The molecule has 4 rings (SSSR count). The number of methoxy groups -OCH3 is 1. The Labute approximate surface area is 171 Å². The van der Waals surface area contributed by atoms with Crippen LogP contribution in [0.2, 0.25) is 5.02 Å². The lowest BCUT2D eigenvalue weighted by molar-refractivity contribution is -0.108. The topological polar surface area (TPSA) is 97.3 Å². The van der Waals surface area contributed by atoms with Gasteiger partial charge in [-0.05, 0) is 17.7 Å². The summed E-state index contributed by atoms with van der Waals surface area (Å²) in [7, 11) is 1.54. The highest BCUT2D eigenvalue weighted by Crippen LogP contribution is 2.31. The monoisotopic (exact) mass is 409 g/mol. The third kappa shape index (κ3) is 3.74. The molecule has 3 heterocycles. The summed E-state index contributed by atoms with van der Waals surface area (Å²) in [4.78, 5) is 37.5. The van der Waals surface area contributed by atoms with Gasteiger partial charge in [0.25, 0.3) is 5.91 Å². The molecule has 0 saturated carbocycles. The first kappa shape index (κ1) is 18.8. The molecule has 0 spiro atoms. The van der Waals surface area contributed by atoms with E-state index in [1.807, 2.05) is 12.1 Å². The van der Waals surface area contributed by atoms with E-state index >= 15 is 0 Å². The second kappa shape index (κ2) is 7.84. The Morgan fingerprint density at radius 2 is 2.14 bits per heavy atom. The summed E-state index contributed by atoms with van der Waals surface area (Å²) in [6.45, 7) is 0.488. The fraction of sp³-hybridized carbons (Fsp3) is 0.150. The number of amides is 1. The number of benzene rings is 1. The van der Waals surface area contributed by atoms with Crippen molar-refractivity contribution in [2.75, 3.05) is 19.0 Å². The number of anilines is 2. The zero-order valence-corrected chi connectivity index (χ0v) is 16.2. The van der Waals surface area contributed by atoms with Gasteiger partial charge < -0.3 is 19.7 Å². The van der Waals surface area contributed by atoms with E-state index in [4.69, 9.17) is 16.3 Å². The Balaban J connectivity index is 1.65. The lowest BCUT2D eigenvalue weighted by Gasteiger charge is -2.10. The number of carbonyl (C=O) groups is 2. The van der Waals surface area contributed by atoms with Crippen LogP contribution < -0.4 is 10.1 Å². The second-order valence-electron chi connectivity index (χ2n) is 6.33. The number of hydrogen-bond donors (Lipinski definition) is 1. The van der Waals surface area contributed by atoms with Gasteiger partial charge in [0.1, 0.15) is 6.29 Å². The molecule has 0 bridgehead atoms. The molecule has 9 heteroatoms. The van der Waals surface area contributed by atoms with Crippen molar-refractivity contribution < 1.29 is 14.3 Å². The molecule has 0 radical (unpaired) electrons. The number of hydrogen-bond acceptors (Lipinski definition) is 7. The van der Waals surface area contributed by atoms with Gasteiger partial charge in [0, 0.05) is 35.6 Å². The van der Waals surface area contributed by atoms with Crippen molar-refractivity contribution in [2.45, 2.75) is 6.54 Å². The maximum Gasteiger partial charge on any atom is 0.254 e. The molecule has 0 unspecified atom stereocenters. The van der Waals surface area contributed by atoms with Crippen LogP contribution in [0.3, 0.4) is 0 Å². The van der Waals surface area contributed by atoms with Gasteiger partial charge in [0.15, 0.2) is 0 Å². The van der Waals surface area contributed by atoms with Crippen molar-refractivity contribution in [3.05, 3.63) is 58.9 Å². The zero-order valence-electron chi connectivity index (χ0n) is 15.4. The van der Waals surface area contributed by atoms with Crippen molar-refractivity contribution >= 4 is 35.4 Å². The van der Waals surface area contributed by atoms with E-state index in [9.17, 15) is 9.59 Å². The Kier molecular flexibility index (Phi) is 5.09. The second-order valence-corrected chi connectivity index (χ2v) is 6.73. The number of aromatic nitrogens is 3.